The zero-order valence-corrected chi connectivity index (χ0v) is 15.2. The molecule has 0 unspecified atom stereocenters. The van der Waals surface area contributed by atoms with Crippen molar-refractivity contribution >= 4 is 17.8 Å². The molecule has 7 nitrogen and oxygen atoms in total. The maximum absolute atomic E-state index is 12.0. The topological polar surface area (TPSA) is 93.7 Å². The monoisotopic (exact) mass is 350 g/mol. The fourth-order valence-corrected chi connectivity index (χ4v) is 1.92. The van der Waals surface area contributed by atoms with Crippen LogP contribution in [0.2, 0.25) is 0 Å². The largest absolute Gasteiger partial charge is 0.454 e. The number of rotatable bonds is 8. The summed E-state index contributed by atoms with van der Waals surface area (Å²) in [5.74, 6) is -1.47. The number of ether oxygens (including phenoxy) is 2. The van der Waals surface area contributed by atoms with Gasteiger partial charge in [-0.2, -0.15) is 0 Å². The Labute approximate surface area is 148 Å². The van der Waals surface area contributed by atoms with Gasteiger partial charge in [0.1, 0.15) is 6.54 Å². The molecule has 0 aliphatic rings. The van der Waals surface area contributed by atoms with E-state index in [1.165, 1.54) is 7.11 Å². The molecule has 138 valence electrons. The highest BCUT2D eigenvalue weighted by Gasteiger charge is 2.15. The second-order valence-electron chi connectivity index (χ2n) is 6.51. The van der Waals surface area contributed by atoms with Gasteiger partial charge in [0.25, 0.3) is 11.8 Å². The van der Waals surface area contributed by atoms with Gasteiger partial charge in [-0.1, -0.05) is 32.9 Å². The van der Waals surface area contributed by atoms with Crippen molar-refractivity contribution in [2.45, 2.75) is 26.2 Å². The van der Waals surface area contributed by atoms with Crippen LogP contribution in [0.1, 0.15) is 36.7 Å². The van der Waals surface area contributed by atoms with E-state index in [4.69, 9.17) is 9.47 Å². The Balaban J connectivity index is 2.36. The summed E-state index contributed by atoms with van der Waals surface area (Å²) in [6, 6.07) is 7.20. The predicted molar refractivity (Wildman–Crippen MR) is 93.3 cm³/mol. The highest BCUT2D eigenvalue weighted by Crippen LogP contribution is 2.22. The van der Waals surface area contributed by atoms with Crippen molar-refractivity contribution < 1.29 is 23.9 Å². The third kappa shape index (κ3) is 7.80. The molecule has 1 rings (SSSR count). The van der Waals surface area contributed by atoms with Gasteiger partial charge in [-0.05, 0) is 23.1 Å². The lowest BCUT2D eigenvalue weighted by Gasteiger charge is -2.19. The third-order valence-corrected chi connectivity index (χ3v) is 3.40. The molecule has 0 atom stereocenters. The lowest BCUT2D eigenvalue weighted by Crippen LogP contribution is -2.34. The summed E-state index contributed by atoms with van der Waals surface area (Å²) in [5.41, 5.74) is 1.57. The number of amides is 2. The van der Waals surface area contributed by atoms with E-state index in [9.17, 15) is 14.4 Å². The molecule has 0 bridgehead atoms. The number of benzene rings is 1. The van der Waals surface area contributed by atoms with Gasteiger partial charge in [0.15, 0.2) is 6.61 Å². The predicted octanol–water partition coefficient (Wildman–Crippen LogP) is 1.02. The lowest BCUT2D eigenvalue weighted by molar-refractivity contribution is -0.147. The molecule has 1 aromatic rings. The summed E-state index contributed by atoms with van der Waals surface area (Å²) < 4.78 is 9.56. The van der Waals surface area contributed by atoms with Gasteiger partial charge in [-0.25, -0.2) is 0 Å². The van der Waals surface area contributed by atoms with Gasteiger partial charge >= 0.3 is 5.97 Å². The van der Waals surface area contributed by atoms with E-state index in [-0.39, 0.29) is 17.9 Å². The van der Waals surface area contributed by atoms with Crippen LogP contribution < -0.4 is 10.6 Å². The van der Waals surface area contributed by atoms with E-state index in [2.05, 4.69) is 31.4 Å². The quantitative estimate of drug-likeness (QED) is 0.539. The minimum absolute atomic E-state index is 0.00262. The summed E-state index contributed by atoms with van der Waals surface area (Å²) >= 11 is 0. The molecule has 0 fully saturated rings. The van der Waals surface area contributed by atoms with Crippen molar-refractivity contribution in [3.8, 4) is 0 Å². The average molecular weight is 350 g/mol. The number of hydrogen-bond acceptors (Lipinski definition) is 5. The fourth-order valence-electron chi connectivity index (χ4n) is 1.92. The van der Waals surface area contributed by atoms with Crippen LogP contribution in [0.4, 0.5) is 0 Å². The Bertz CT molecular complexity index is 590. The highest BCUT2D eigenvalue weighted by atomic mass is 16.5. The van der Waals surface area contributed by atoms with Crippen LogP contribution in [0.5, 0.6) is 0 Å². The molecule has 0 heterocycles. The molecular formula is C18H26N2O5. The fraction of sp³-hybridized carbons (Fsp3) is 0.500. The molecular weight excluding hydrogens is 324 g/mol. The van der Waals surface area contributed by atoms with Gasteiger partial charge in [-0.3, -0.25) is 14.4 Å². The van der Waals surface area contributed by atoms with Gasteiger partial charge in [-0.15, -0.1) is 0 Å². The highest BCUT2D eigenvalue weighted by molar-refractivity contribution is 5.96. The molecule has 0 aliphatic heterocycles. The molecule has 2 N–H and O–H groups in total. The van der Waals surface area contributed by atoms with Gasteiger partial charge in [0, 0.05) is 19.2 Å². The number of carbonyl (C=O) groups excluding carboxylic acids is 3. The Morgan fingerprint density at radius 2 is 1.68 bits per heavy atom. The molecule has 0 saturated heterocycles. The first-order valence-electron chi connectivity index (χ1n) is 8.04. The molecule has 1 aromatic carbocycles. The van der Waals surface area contributed by atoms with Crippen molar-refractivity contribution in [1.29, 1.82) is 0 Å². The van der Waals surface area contributed by atoms with Crippen LogP contribution in [-0.4, -0.2) is 51.2 Å². The second kappa shape index (κ2) is 9.78. The number of hydrogen-bond donors (Lipinski definition) is 2. The van der Waals surface area contributed by atoms with Crippen LogP contribution in [-0.2, 0) is 24.5 Å². The standard InChI is InChI=1S/C18H26N2O5/c1-18(2,3)14-7-5-13(6-8-14)17(23)20-11-16(22)25-12-15(21)19-9-10-24-4/h5-8H,9-12H2,1-4H3,(H,19,21)(H,20,23). The summed E-state index contributed by atoms with van der Waals surface area (Å²) in [6.07, 6.45) is 0. The average Bonchev–Trinajstić information content (AvgIpc) is 2.57. The first-order chi connectivity index (χ1) is 11.7. The van der Waals surface area contributed by atoms with Crippen molar-refractivity contribution in [3.05, 3.63) is 35.4 Å². The van der Waals surface area contributed by atoms with Crippen molar-refractivity contribution in [2.75, 3.05) is 33.4 Å². The minimum atomic E-state index is -0.679. The summed E-state index contributed by atoms with van der Waals surface area (Å²) in [6.45, 7) is 6.29. The number of nitrogens with one attached hydrogen (secondary N) is 2. The Morgan fingerprint density at radius 3 is 2.24 bits per heavy atom. The van der Waals surface area contributed by atoms with E-state index in [1.807, 2.05) is 12.1 Å². The molecule has 0 radical (unpaired) electrons. The van der Waals surface area contributed by atoms with E-state index in [0.29, 0.717) is 18.7 Å². The van der Waals surface area contributed by atoms with Gasteiger partial charge < -0.3 is 20.1 Å². The van der Waals surface area contributed by atoms with E-state index in [1.54, 1.807) is 12.1 Å². The van der Waals surface area contributed by atoms with E-state index >= 15 is 0 Å². The minimum Gasteiger partial charge on any atom is -0.454 e. The first-order valence-corrected chi connectivity index (χ1v) is 8.04. The molecule has 25 heavy (non-hydrogen) atoms. The lowest BCUT2D eigenvalue weighted by atomic mass is 9.87. The van der Waals surface area contributed by atoms with Crippen LogP contribution in [0.3, 0.4) is 0 Å². The number of esters is 1. The van der Waals surface area contributed by atoms with Gasteiger partial charge in [0.05, 0.1) is 6.61 Å². The zero-order chi connectivity index (χ0) is 18.9. The zero-order valence-electron chi connectivity index (χ0n) is 15.2. The third-order valence-electron chi connectivity index (χ3n) is 3.40. The summed E-state index contributed by atoms with van der Waals surface area (Å²) in [7, 11) is 1.52. The normalized spacial score (nSPS) is 10.9. The van der Waals surface area contributed by atoms with Crippen molar-refractivity contribution in [2.24, 2.45) is 0 Å². The number of methoxy groups -OCH3 is 1. The Morgan fingerprint density at radius 1 is 1.04 bits per heavy atom. The van der Waals surface area contributed by atoms with Crippen LogP contribution in [0, 0.1) is 0 Å². The molecule has 0 spiro atoms. The Hall–Kier alpha value is -2.41. The molecule has 0 aliphatic carbocycles. The Kier molecular flexibility index (Phi) is 8.07. The second-order valence-corrected chi connectivity index (χ2v) is 6.51. The van der Waals surface area contributed by atoms with Crippen LogP contribution in [0.15, 0.2) is 24.3 Å². The molecule has 2 amide bonds. The van der Waals surface area contributed by atoms with E-state index < -0.39 is 18.5 Å². The summed E-state index contributed by atoms with van der Waals surface area (Å²) in [4.78, 5) is 34.9. The van der Waals surface area contributed by atoms with E-state index in [0.717, 1.165) is 5.56 Å². The molecule has 7 heteroatoms. The SMILES string of the molecule is COCCNC(=O)COC(=O)CNC(=O)c1ccc(C(C)(C)C)cc1. The first kappa shape index (κ1) is 20.6. The molecule has 0 saturated carbocycles. The molecule has 0 aromatic heterocycles. The number of carbonyl (C=O) groups is 3. The summed E-state index contributed by atoms with van der Waals surface area (Å²) in [5, 5.41) is 4.99. The van der Waals surface area contributed by atoms with Crippen LogP contribution in [0.25, 0.3) is 0 Å². The maximum Gasteiger partial charge on any atom is 0.325 e. The maximum atomic E-state index is 12.0. The van der Waals surface area contributed by atoms with Crippen LogP contribution >= 0.6 is 0 Å². The van der Waals surface area contributed by atoms with Crippen molar-refractivity contribution in [1.82, 2.24) is 10.6 Å². The smallest absolute Gasteiger partial charge is 0.325 e. The van der Waals surface area contributed by atoms with Crippen molar-refractivity contribution in [3.63, 3.8) is 0 Å². The van der Waals surface area contributed by atoms with Gasteiger partial charge in [0.2, 0.25) is 0 Å².